The van der Waals surface area contributed by atoms with Gasteiger partial charge in [0.15, 0.2) is 6.61 Å². The first-order chi connectivity index (χ1) is 11.2. The fourth-order valence-electron chi connectivity index (χ4n) is 2.56. The minimum absolute atomic E-state index is 0.163. The molecule has 0 heterocycles. The molecule has 0 saturated heterocycles. The highest BCUT2D eigenvalue weighted by Gasteiger charge is 2.15. The van der Waals surface area contributed by atoms with Crippen LogP contribution in [0.15, 0.2) is 53.6 Å². The van der Waals surface area contributed by atoms with Crippen molar-refractivity contribution in [3.8, 4) is 5.75 Å². The monoisotopic (exact) mass is 312 g/mol. The Labute approximate surface area is 134 Å². The summed E-state index contributed by atoms with van der Waals surface area (Å²) in [5.41, 5.74) is 5.77. The largest absolute Gasteiger partial charge is 0.484 e. The van der Waals surface area contributed by atoms with Gasteiger partial charge in [-0.15, -0.1) is 0 Å². The fourth-order valence-corrected chi connectivity index (χ4v) is 2.56. The number of fused-ring (bicyclic) bond motifs is 1. The second-order valence-corrected chi connectivity index (χ2v) is 5.35. The number of benzene rings is 2. The average molecular weight is 312 g/mol. The van der Waals surface area contributed by atoms with Gasteiger partial charge in [-0.3, -0.25) is 4.79 Å². The summed E-state index contributed by atoms with van der Waals surface area (Å²) in [7, 11) is 0. The van der Waals surface area contributed by atoms with E-state index in [4.69, 9.17) is 4.74 Å². The smallest absolute Gasteiger partial charge is 0.277 e. The van der Waals surface area contributed by atoms with E-state index in [2.05, 4.69) is 16.6 Å². The third-order valence-corrected chi connectivity index (χ3v) is 3.69. The summed E-state index contributed by atoms with van der Waals surface area (Å²) in [4.78, 5) is 11.8. The van der Waals surface area contributed by atoms with Crippen LogP contribution < -0.4 is 10.2 Å². The van der Waals surface area contributed by atoms with Crippen LogP contribution in [0.4, 0.5) is 4.39 Å². The number of nitrogens with zero attached hydrogens (tertiary/aromatic N) is 1. The van der Waals surface area contributed by atoms with Crippen LogP contribution in [-0.2, 0) is 11.2 Å². The topological polar surface area (TPSA) is 50.7 Å². The van der Waals surface area contributed by atoms with Crippen molar-refractivity contribution in [3.63, 3.8) is 0 Å². The van der Waals surface area contributed by atoms with Crippen LogP contribution >= 0.6 is 0 Å². The Morgan fingerprint density at radius 3 is 2.74 bits per heavy atom. The molecule has 0 fully saturated rings. The zero-order valence-electron chi connectivity index (χ0n) is 12.6. The molecule has 23 heavy (non-hydrogen) atoms. The normalized spacial score (nSPS) is 15.1. The van der Waals surface area contributed by atoms with Crippen molar-refractivity contribution in [2.24, 2.45) is 5.10 Å². The van der Waals surface area contributed by atoms with Gasteiger partial charge in [0.1, 0.15) is 11.6 Å². The summed E-state index contributed by atoms with van der Waals surface area (Å²) in [6, 6.07) is 13.6. The first-order valence-electron chi connectivity index (χ1n) is 7.54. The molecule has 0 atom stereocenters. The van der Waals surface area contributed by atoms with E-state index in [0.717, 1.165) is 30.5 Å². The van der Waals surface area contributed by atoms with Gasteiger partial charge in [-0.25, -0.2) is 9.82 Å². The number of carbonyl (C=O) groups is 1. The Hall–Kier alpha value is -2.69. The minimum atomic E-state index is -0.343. The SMILES string of the molecule is O=C(COc1ccc(F)cc1)NN=C1CCCc2ccccc21. The molecule has 0 saturated carbocycles. The lowest BCUT2D eigenvalue weighted by atomic mass is 9.90. The maximum Gasteiger partial charge on any atom is 0.277 e. The number of nitrogens with one attached hydrogen (secondary N) is 1. The predicted molar refractivity (Wildman–Crippen MR) is 86.0 cm³/mol. The summed E-state index contributed by atoms with van der Waals surface area (Å²) in [6.07, 6.45) is 2.91. The number of aryl methyl sites for hydroxylation is 1. The van der Waals surface area contributed by atoms with Gasteiger partial charge in [0.25, 0.3) is 5.91 Å². The summed E-state index contributed by atoms with van der Waals surface area (Å²) in [5.74, 6) is -0.244. The molecular weight excluding hydrogens is 295 g/mol. The van der Waals surface area contributed by atoms with Crippen molar-refractivity contribution >= 4 is 11.6 Å². The van der Waals surface area contributed by atoms with E-state index in [-0.39, 0.29) is 18.3 Å². The molecule has 0 radical (unpaired) electrons. The number of rotatable bonds is 4. The van der Waals surface area contributed by atoms with Gasteiger partial charge in [-0.05, 0) is 49.1 Å². The molecule has 5 heteroatoms. The van der Waals surface area contributed by atoms with Crippen molar-refractivity contribution in [2.45, 2.75) is 19.3 Å². The van der Waals surface area contributed by atoms with E-state index in [1.807, 2.05) is 18.2 Å². The summed E-state index contributed by atoms with van der Waals surface area (Å²) in [6.45, 7) is -0.163. The van der Waals surface area contributed by atoms with Crippen LogP contribution in [0.3, 0.4) is 0 Å². The van der Waals surface area contributed by atoms with Crippen LogP contribution in [0.2, 0.25) is 0 Å². The quantitative estimate of drug-likeness (QED) is 0.882. The van der Waals surface area contributed by atoms with E-state index in [1.54, 1.807) is 0 Å². The van der Waals surface area contributed by atoms with E-state index >= 15 is 0 Å². The number of carbonyl (C=O) groups excluding carboxylic acids is 1. The average Bonchev–Trinajstić information content (AvgIpc) is 2.59. The second kappa shape index (κ2) is 7.05. The van der Waals surface area contributed by atoms with Crippen LogP contribution in [0.25, 0.3) is 0 Å². The van der Waals surface area contributed by atoms with Gasteiger partial charge in [0.05, 0.1) is 5.71 Å². The third-order valence-electron chi connectivity index (χ3n) is 3.69. The zero-order valence-corrected chi connectivity index (χ0v) is 12.6. The lowest BCUT2D eigenvalue weighted by Crippen LogP contribution is -2.26. The molecule has 1 aliphatic carbocycles. The Kier molecular flexibility index (Phi) is 4.66. The highest BCUT2D eigenvalue weighted by Crippen LogP contribution is 2.21. The molecule has 1 amide bonds. The number of hydrogen-bond acceptors (Lipinski definition) is 3. The molecule has 0 bridgehead atoms. The van der Waals surface area contributed by atoms with E-state index in [1.165, 1.54) is 29.8 Å². The van der Waals surface area contributed by atoms with Gasteiger partial charge in [-0.1, -0.05) is 24.3 Å². The maximum atomic E-state index is 12.8. The molecule has 3 rings (SSSR count). The molecule has 0 spiro atoms. The Bertz CT molecular complexity index is 726. The highest BCUT2D eigenvalue weighted by molar-refractivity contribution is 6.03. The van der Waals surface area contributed by atoms with Gasteiger partial charge in [0.2, 0.25) is 0 Å². The first kappa shape index (κ1) is 15.2. The van der Waals surface area contributed by atoms with E-state index < -0.39 is 0 Å². The number of halogens is 1. The first-order valence-corrected chi connectivity index (χ1v) is 7.54. The molecule has 118 valence electrons. The Morgan fingerprint density at radius 2 is 1.91 bits per heavy atom. The van der Waals surface area contributed by atoms with Gasteiger partial charge in [-0.2, -0.15) is 5.10 Å². The highest BCUT2D eigenvalue weighted by atomic mass is 19.1. The molecule has 1 N–H and O–H groups in total. The summed E-state index contributed by atoms with van der Waals surface area (Å²) >= 11 is 0. The summed E-state index contributed by atoms with van der Waals surface area (Å²) < 4.78 is 18.1. The number of hydrazone groups is 1. The minimum Gasteiger partial charge on any atom is -0.484 e. The molecule has 0 unspecified atom stereocenters. The summed E-state index contributed by atoms with van der Waals surface area (Å²) in [5, 5.41) is 4.23. The Balaban J connectivity index is 1.57. The van der Waals surface area contributed by atoms with E-state index in [0.29, 0.717) is 5.75 Å². The zero-order chi connectivity index (χ0) is 16.1. The third kappa shape index (κ3) is 3.94. The molecule has 1 aliphatic rings. The number of hydrogen-bond donors (Lipinski definition) is 1. The Morgan fingerprint density at radius 1 is 1.13 bits per heavy atom. The van der Waals surface area contributed by atoms with Crippen molar-refractivity contribution in [1.29, 1.82) is 0 Å². The van der Waals surface area contributed by atoms with Crippen LogP contribution in [0.5, 0.6) is 5.75 Å². The maximum absolute atomic E-state index is 12.8. The van der Waals surface area contributed by atoms with Gasteiger partial charge >= 0.3 is 0 Å². The number of amides is 1. The molecule has 0 aromatic heterocycles. The van der Waals surface area contributed by atoms with E-state index in [9.17, 15) is 9.18 Å². The lowest BCUT2D eigenvalue weighted by molar-refractivity contribution is -0.123. The van der Waals surface area contributed by atoms with Crippen LogP contribution in [0.1, 0.15) is 24.0 Å². The lowest BCUT2D eigenvalue weighted by Gasteiger charge is -2.17. The van der Waals surface area contributed by atoms with Crippen molar-refractivity contribution < 1.29 is 13.9 Å². The van der Waals surface area contributed by atoms with Crippen molar-refractivity contribution in [2.75, 3.05) is 6.61 Å². The van der Waals surface area contributed by atoms with Crippen LogP contribution in [0, 0.1) is 5.82 Å². The van der Waals surface area contributed by atoms with Gasteiger partial charge in [0, 0.05) is 5.56 Å². The van der Waals surface area contributed by atoms with Crippen molar-refractivity contribution in [1.82, 2.24) is 5.43 Å². The molecule has 4 nitrogen and oxygen atoms in total. The number of ether oxygens (including phenoxy) is 1. The fraction of sp³-hybridized carbons (Fsp3) is 0.222. The second-order valence-electron chi connectivity index (χ2n) is 5.35. The molecule has 0 aliphatic heterocycles. The van der Waals surface area contributed by atoms with Gasteiger partial charge < -0.3 is 4.74 Å². The molecule has 2 aromatic rings. The van der Waals surface area contributed by atoms with Crippen LogP contribution in [-0.4, -0.2) is 18.2 Å². The van der Waals surface area contributed by atoms with Crippen molar-refractivity contribution in [3.05, 3.63) is 65.5 Å². The predicted octanol–water partition coefficient (Wildman–Crippen LogP) is 3.06. The molecular formula is C18H17FN2O2. The standard InChI is InChI=1S/C18H17FN2O2/c19-14-8-10-15(11-9-14)23-12-18(22)21-20-17-7-3-5-13-4-1-2-6-16(13)17/h1-2,4,6,8-11H,3,5,7,12H2,(H,21,22). The molecule has 2 aromatic carbocycles.